The molecular weight excluding hydrogens is 406 g/mol. The van der Waals surface area contributed by atoms with Crippen LogP contribution in [0.15, 0.2) is 72.0 Å². The molecule has 5 rings (SSSR count). The fraction of sp³-hybridized carbons (Fsp3) is 0.250. The highest BCUT2D eigenvalue weighted by molar-refractivity contribution is 8.00. The highest BCUT2D eigenvalue weighted by Crippen LogP contribution is 2.39. The first kappa shape index (κ1) is 19.8. The van der Waals surface area contributed by atoms with Gasteiger partial charge < -0.3 is 9.88 Å². The molecule has 1 aliphatic carbocycles. The summed E-state index contributed by atoms with van der Waals surface area (Å²) < 4.78 is 1.94. The van der Waals surface area contributed by atoms with Gasteiger partial charge in [-0.25, -0.2) is 15.0 Å². The van der Waals surface area contributed by atoms with E-state index in [-0.39, 0.29) is 17.7 Å². The molecule has 31 heavy (non-hydrogen) atoms. The van der Waals surface area contributed by atoms with Crippen molar-refractivity contribution >= 4 is 28.6 Å². The van der Waals surface area contributed by atoms with Crippen molar-refractivity contribution in [3.05, 3.63) is 84.2 Å². The zero-order chi connectivity index (χ0) is 21.2. The molecule has 0 saturated heterocycles. The van der Waals surface area contributed by atoms with E-state index in [4.69, 9.17) is 9.97 Å². The molecule has 0 spiro atoms. The molecule has 7 heteroatoms. The first-order valence-corrected chi connectivity index (χ1v) is 11.4. The first-order valence-electron chi connectivity index (χ1n) is 10.4. The summed E-state index contributed by atoms with van der Waals surface area (Å²) in [7, 11) is 1.94. The second-order valence-corrected chi connectivity index (χ2v) is 8.74. The van der Waals surface area contributed by atoms with Crippen LogP contribution in [0.5, 0.6) is 0 Å². The molecular formula is C24H23N5OS. The average Bonchev–Trinajstić information content (AvgIpc) is 3.57. The number of nitrogens with one attached hydrogen (secondary N) is 1. The van der Waals surface area contributed by atoms with Crippen molar-refractivity contribution in [2.75, 3.05) is 5.75 Å². The number of fused-ring (bicyclic) bond motifs is 1. The fourth-order valence-electron chi connectivity index (χ4n) is 3.63. The van der Waals surface area contributed by atoms with Gasteiger partial charge in [0.2, 0.25) is 5.91 Å². The SMILES string of the molecule is Cn1ccnc1C(NC(=O)CSc1nc(C2CC2)nc2ccccc12)c1ccccc1. The van der Waals surface area contributed by atoms with Gasteiger partial charge >= 0.3 is 0 Å². The standard InChI is InChI=1S/C24H23N5OS/c1-29-14-13-25-23(29)21(16-7-3-2-4-8-16)27-20(30)15-31-24-18-9-5-6-10-19(18)26-22(28-24)17-11-12-17/h2-10,13-14,17,21H,11-12,15H2,1H3,(H,27,30). The Kier molecular flexibility index (Phi) is 5.42. The van der Waals surface area contributed by atoms with Gasteiger partial charge in [0.1, 0.15) is 22.7 Å². The number of amides is 1. The minimum atomic E-state index is -0.307. The molecule has 1 N–H and O–H groups in total. The van der Waals surface area contributed by atoms with Gasteiger partial charge in [0, 0.05) is 30.7 Å². The monoisotopic (exact) mass is 429 g/mol. The third-order valence-electron chi connectivity index (χ3n) is 5.42. The fourth-order valence-corrected chi connectivity index (χ4v) is 4.47. The molecule has 1 unspecified atom stereocenters. The van der Waals surface area contributed by atoms with E-state index in [0.29, 0.717) is 5.92 Å². The third kappa shape index (κ3) is 4.32. The van der Waals surface area contributed by atoms with Crippen LogP contribution in [0.3, 0.4) is 0 Å². The van der Waals surface area contributed by atoms with Gasteiger partial charge in [-0.05, 0) is 24.5 Å². The van der Waals surface area contributed by atoms with Crippen molar-refractivity contribution in [1.82, 2.24) is 24.8 Å². The number of para-hydroxylation sites is 1. The van der Waals surface area contributed by atoms with E-state index in [0.717, 1.165) is 46.0 Å². The molecule has 0 radical (unpaired) electrons. The Bertz CT molecular complexity index is 1220. The number of rotatable bonds is 7. The van der Waals surface area contributed by atoms with Crippen molar-refractivity contribution in [2.24, 2.45) is 7.05 Å². The number of hydrogen-bond donors (Lipinski definition) is 1. The van der Waals surface area contributed by atoms with Gasteiger partial charge in [-0.15, -0.1) is 0 Å². The van der Waals surface area contributed by atoms with Crippen LogP contribution in [0.25, 0.3) is 10.9 Å². The smallest absolute Gasteiger partial charge is 0.231 e. The number of nitrogens with zero attached hydrogens (tertiary/aromatic N) is 4. The Hall–Kier alpha value is -3.19. The maximum absolute atomic E-state index is 13.0. The molecule has 1 saturated carbocycles. The van der Waals surface area contributed by atoms with Crippen molar-refractivity contribution in [1.29, 1.82) is 0 Å². The first-order chi connectivity index (χ1) is 15.2. The lowest BCUT2D eigenvalue weighted by molar-refractivity contribution is -0.119. The van der Waals surface area contributed by atoms with Crippen LogP contribution in [0.2, 0.25) is 0 Å². The zero-order valence-corrected chi connectivity index (χ0v) is 18.0. The number of benzene rings is 2. The van der Waals surface area contributed by atoms with Crippen LogP contribution in [0.1, 0.15) is 42.0 Å². The third-order valence-corrected chi connectivity index (χ3v) is 6.41. The number of carbonyl (C=O) groups is 1. The molecule has 156 valence electrons. The number of thioether (sulfide) groups is 1. The van der Waals surface area contributed by atoms with Crippen LogP contribution in [0, 0.1) is 0 Å². The van der Waals surface area contributed by atoms with Crippen LogP contribution in [0.4, 0.5) is 0 Å². The molecule has 1 fully saturated rings. The van der Waals surface area contributed by atoms with E-state index in [1.807, 2.05) is 72.4 Å². The Morgan fingerprint density at radius 3 is 2.65 bits per heavy atom. The highest BCUT2D eigenvalue weighted by atomic mass is 32.2. The van der Waals surface area contributed by atoms with E-state index in [1.165, 1.54) is 11.8 Å². The molecule has 0 aliphatic heterocycles. The molecule has 2 aromatic carbocycles. The predicted octanol–water partition coefficient (Wildman–Crippen LogP) is 4.24. The van der Waals surface area contributed by atoms with E-state index in [1.54, 1.807) is 6.20 Å². The summed E-state index contributed by atoms with van der Waals surface area (Å²) in [6, 6.07) is 17.6. The van der Waals surface area contributed by atoms with Crippen molar-refractivity contribution in [3.8, 4) is 0 Å². The quantitative estimate of drug-likeness (QED) is 0.351. The number of imidazole rings is 1. The second-order valence-electron chi connectivity index (χ2n) is 7.77. The van der Waals surface area contributed by atoms with Crippen molar-refractivity contribution in [3.63, 3.8) is 0 Å². The number of aryl methyl sites for hydroxylation is 1. The van der Waals surface area contributed by atoms with E-state index in [9.17, 15) is 4.79 Å². The topological polar surface area (TPSA) is 72.7 Å². The Morgan fingerprint density at radius 1 is 1.13 bits per heavy atom. The van der Waals surface area contributed by atoms with Gasteiger partial charge in [0.25, 0.3) is 0 Å². The maximum atomic E-state index is 13.0. The van der Waals surface area contributed by atoms with Gasteiger partial charge in [0.15, 0.2) is 0 Å². The molecule has 2 aromatic heterocycles. The summed E-state index contributed by atoms with van der Waals surface area (Å²) >= 11 is 1.47. The summed E-state index contributed by atoms with van der Waals surface area (Å²) in [5.74, 6) is 2.38. The molecule has 0 bridgehead atoms. The average molecular weight is 430 g/mol. The Labute approximate surface area is 185 Å². The lowest BCUT2D eigenvalue weighted by Crippen LogP contribution is -2.32. The number of hydrogen-bond acceptors (Lipinski definition) is 5. The van der Waals surface area contributed by atoms with E-state index >= 15 is 0 Å². The summed E-state index contributed by atoms with van der Waals surface area (Å²) in [4.78, 5) is 26.9. The lowest BCUT2D eigenvalue weighted by Gasteiger charge is -2.19. The summed E-state index contributed by atoms with van der Waals surface area (Å²) in [6.07, 6.45) is 5.92. The van der Waals surface area contributed by atoms with Crippen molar-refractivity contribution < 1.29 is 4.79 Å². The minimum absolute atomic E-state index is 0.0579. The van der Waals surface area contributed by atoms with Gasteiger partial charge in [-0.1, -0.05) is 60.3 Å². The largest absolute Gasteiger partial charge is 0.341 e. The van der Waals surface area contributed by atoms with Gasteiger partial charge in [-0.3, -0.25) is 4.79 Å². The Balaban J connectivity index is 1.36. The minimum Gasteiger partial charge on any atom is -0.341 e. The van der Waals surface area contributed by atoms with Crippen molar-refractivity contribution in [2.45, 2.75) is 29.8 Å². The zero-order valence-electron chi connectivity index (χ0n) is 17.2. The lowest BCUT2D eigenvalue weighted by atomic mass is 10.1. The van der Waals surface area contributed by atoms with Gasteiger partial charge in [0.05, 0.1) is 11.3 Å². The molecule has 1 amide bonds. The second kappa shape index (κ2) is 8.51. The molecule has 1 aliphatic rings. The summed E-state index contributed by atoms with van der Waals surface area (Å²) in [6.45, 7) is 0. The van der Waals surface area contributed by atoms with Crippen LogP contribution in [-0.2, 0) is 11.8 Å². The van der Waals surface area contributed by atoms with Crippen LogP contribution < -0.4 is 5.32 Å². The number of carbonyl (C=O) groups excluding carboxylic acids is 1. The molecule has 2 heterocycles. The summed E-state index contributed by atoms with van der Waals surface area (Å²) in [5, 5.41) is 5.02. The normalized spacial score (nSPS) is 14.5. The van der Waals surface area contributed by atoms with E-state index < -0.39 is 0 Å². The molecule has 1 atom stereocenters. The van der Waals surface area contributed by atoms with E-state index in [2.05, 4.69) is 10.3 Å². The highest BCUT2D eigenvalue weighted by Gasteiger charge is 2.28. The molecule has 6 nitrogen and oxygen atoms in total. The van der Waals surface area contributed by atoms with Gasteiger partial charge in [-0.2, -0.15) is 0 Å². The van der Waals surface area contributed by atoms with Crippen LogP contribution >= 0.6 is 11.8 Å². The van der Waals surface area contributed by atoms with Crippen LogP contribution in [-0.4, -0.2) is 31.2 Å². The molecule has 4 aromatic rings. The predicted molar refractivity (Wildman–Crippen MR) is 122 cm³/mol. The number of aromatic nitrogens is 4. The maximum Gasteiger partial charge on any atom is 0.231 e. The Morgan fingerprint density at radius 2 is 1.90 bits per heavy atom. The summed E-state index contributed by atoms with van der Waals surface area (Å²) in [5.41, 5.74) is 1.94.